The van der Waals surface area contributed by atoms with Crippen molar-refractivity contribution in [1.29, 1.82) is 0 Å². The van der Waals surface area contributed by atoms with Crippen LogP contribution in [0.25, 0.3) is 0 Å². The standard InChI is InChI=1S/C20H27N3O2/c1-3-25-18-7-5-16(6-8-18)10-11-21-20(24)14-23-13-17-12-15(2)4-9-19(17)22-23/h5-8,13,15H,3-4,9-12,14H2,1-2H3,(H,21,24)/t15-/m1/s1. The van der Waals surface area contributed by atoms with Gasteiger partial charge in [-0.15, -0.1) is 0 Å². The van der Waals surface area contributed by atoms with E-state index in [9.17, 15) is 4.79 Å². The van der Waals surface area contributed by atoms with Gasteiger partial charge in [-0.25, -0.2) is 0 Å². The summed E-state index contributed by atoms with van der Waals surface area (Å²) in [7, 11) is 0. The van der Waals surface area contributed by atoms with E-state index in [4.69, 9.17) is 4.74 Å². The molecule has 0 bridgehead atoms. The van der Waals surface area contributed by atoms with E-state index in [1.165, 1.54) is 23.2 Å². The van der Waals surface area contributed by atoms with Crippen molar-refractivity contribution in [2.75, 3.05) is 13.2 Å². The minimum Gasteiger partial charge on any atom is -0.494 e. The van der Waals surface area contributed by atoms with Crippen LogP contribution < -0.4 is 10.1 Å². The first kappa shape index (κ1) is 17.5. The molecule has 1 heterocycles. The number of aromatic nitrogens is 2. The smallest absolute Gasteiger partial charge is 0.241 e. The second-order valence-electron chi connectivity index (χ2n) is 6.82. The van der Waals surface area contributed by atoms with Gasteiger partial charge in [0.25, 0.3) is 0 Å². The van der Waals surface area contributed by atoms with Crippen LogP contribution in [0.3, 0.4) is 0 Å². The number of benzene rings is 1. The molecule has 5 nitrogen and oxygen atoms in total. The summed E-state index contributed by atoms with van der Waals surface area (Å²) in [5.41, 5.74) is 3.66. The number of hydrogen-bond acceptors (Lipinski definition) is 3. The van der Waals surface area contributed by atoms with Crippen LogP contribution >= 0.6 is 0 Å². The van der Waals surface area contributed by atoms with Gasteiger partial charge in [-0.3, -0.25) is 9.48 Å². The fourth-order valence-corrected chi connectivity index (χ4v) is 3.29. The van der Waals surface area contributed by atoms with Gasteiger partial charge in [-0.05, 0) is 61.8 Å². The van der Waals surface area contributed by atoms with E-state index in [2.05, 4.69) is 17.3 Å². The van der Waals surface area contributed by atoms with E-state index in [1.807, 2.05) is 37.4 Å². The molecule has 5 heteroatoms. The molecule has 0 radical (unpaired) electrons. The lowest BCUT2D eigenvalue weighted by atomic mass is 9.89. The molecule has 1 aromatic heterocycles. The minimum absolute atomic E-state index is 0.0128. The average Bonchev–Trinajstić information content (AvgIpc) is 2.98. The molecule has 25 heavy (non-hydrogen) atoms. The number of fused-ring (bicyclic) bond motifs is 1. The highest BCUT2D eigenvalue weighted by molar-refractivity contribution is 5.75. The summed E-state index contributed by atoms with van der Waals surface area (Å²) in [4.78, 5) is 12.1. The predicted octanol–water partition coefficient (Wildman–Crippen LogP) is 2.77. The van der Waals surface area contributed by atoms with Crippen LogP contribution in [-0.4, -0.2) is 28.8 Å². The van der Waals surface area contributed by atoms with Crippen molar-refractivity contribution in [3.8, 4) is 5.75 Å². The maximum absolute atomic E-state index is 12.1. The largest absolute Gasteiger partial charge is 0.494 e. The number of ether oxygens (including phenoxy) is 1. The molecule has 3 rings (SSSR count). The Kier molecular flexibility index (Phi) is 5.74. The first-order valence-corrected chi connectivity index (χ1v) is 9.17. The molecule has 1 aromatic carbocycles. The molecule has 0 aliphatic heterocycles. The molecule has 0 unspecified atom stereocenters. The molecule has 1 N–H and O–H groups in total. The van der Waals surface area contributed by atoms with Gasteiger partial charge in [0.1, 0.15) is 12.3 Å². The summed E-state index contributed by atoms with van der Waals surface area (Å²) in [5, 5.41) is 7.54. The molecule has 1 atom stereocenters. The highest BCUT2D eigenvalue weighted by atomic mass is 16.5. The van der Waals surface area contributed by atoms with E-state index in [0.29, 0.717) is 25.6 Å². The predicted molar refractivity (Wildman–Crippen MR) is 97.7 cm³/mol. The van der Waals surface area contributed by atoms with Gasteiger partial charge >= 0.3 is 0 Å². The number of nitrogens with zero attached hydrogens (tertiary/aromatic N) is 2. The molecule has 134 valence electrons. The molecule has 0 saturated carbocycles. The Bertz CT molecular complexity index is 706. The van der Waals surface area contributed by atoms with Crippen LogP contribution in [0.2, 0.25) is 0 Å². The van der Waals surface area contributed by atoms with Crippen LogP contribution in [0.1, 0.15) is 37.1 Å². The Hall–Kier alpha value is -2.30. The summed E-state index contributed by atoms with van der Waals surface area (Å²) >= 11 is 0. The van der Waals surface area contributed by atoms with Crippen LogP contribution in [0.15, 0.2) is 30.5 Å². The molecule has 0 saturated heterocycles. The van der Waals surface area contributed by atoms with Crippen LogP contribution in [-0.2, 0) is 30.6 Å². The molecule has 1 aliphatic rings. The fraction of sp³-hybridized carbons (Fsp3) is 0.500. The van der Waals surface area contributed by atoms with Crippen molar-refractivity contribution in [2.45, 2.75) is 46.1 Å². The van der Waals surface area contributed by atoms with Crippen molar-refractivity contribution < 1.29 is 9.53 Å². The monoisotopic (exact) mass is 341 g/mol. The molecule has 0 spiro atoms. The fourth-order valence-electron chi connectivity index (χ4n) is 3.29. The minimum atomic E-state index is 0.0128. The summed E-state index contributed by atoms with van der Waals surface area (Å²) in [6.45, 7) is 5.84. The SMILES string of the molecule is CCOc1ccc(CCNC(=O)Cn2cc3c(n2)CC[C@@H](C)C3)cc1. The van der Waals surface area contributed by atoms with Gasteiger partial charge in [0.2, 0.25) is 5.91 Å². The summed E-state index contributed by atoms with van der Waals surface area (Å²) < 4.78 is 7.22. The number of aryl methyl sites for hydroxylation is 1. The van der Waals surface area contributed by atoms with Crippen LogP contribution in [0.4, 0.5) is 0 Å². The zero-order valence-electron chi connectivity index (χ0n) is 15.1. The number of rotatable bonds is 7. The van der Waals surface area contributed by atoms with Crippen molar-refractivity contribution in [2.24, 2.45) is 5.92 Å². The third-order valence-electron chi connectivity index (χ3n) is 4.64. The number of amides is 1. The maximum Gasteiger partial charge on any atom is 0.241 e. The van der Waals surface area contributed by atoms with Crippen LogP contribution in [0.5, 0.6) is 5.75 Å². The number of carbonyl (C=O) groups is 1. The molecule has 1 amide bonds. The lowest BCUT2D eigenvalue weighted by molar-refractivity contribution is -0.121. The Morgan fingerprint density at radius 3 is 2.92 bits per heavy atom. The van der Waals surface area contributed by atoms with Gasteiger partial charge in [0.15, 0.2) is 0 Å². The zero-order valence-corrected chi connectivity index (χ0v) is 15.1. The molecule has 2 aromatic rings. The van der Waals surface area contributed by atoms with Crippen molar-refractivity contribution in [1.82, 2.24) is 15.1 Å². The quantitative estimate of drug-likeness (QED) is 0.842. The van der Waals surface area contributed by atoms with E-state index in [1.54, 1.807) is 4.68 Å². The normalized spacial score (nSPS) is 16.3. The Balaban J connectivity index is 1.44. The number of hydrogen-bond donors (Lipinski definition) is 1. The van der Waals surface area contributed by atoms with Crippen molar-refractivity contribution >= 4 is 5.91 Å². The van der Waals surface area contributed by atoms with E-state index >= 15 is 0 Å². The van der Waals surface area contributed by atoms with Gasteiger partial charge in [-0.1, -0.05) is 19.1 Å². The van der Waals surface area contributed by atoms with E-state index < -0.39 is 0 Å². The zero-order chi connectivity index (χ0) is 17.6. The number of nitrogens with one attached hydrogen (secondary N) is 1. The third kappa shape index (κ3) is 4.84. The lowest BCUT2D eigenvalue weighted by Crippen LogP contribution is -2.29. The van der Waals surface area contributed by atoms with Crippen LogP contribution in [0, 0.1) is 5.92 Å². The number of carbonyl (C=O) groups excluding carboxylic acids is 1. The van der Waals surface area contributed by atoms with Gasteiger partial charge < -0.3 is 10.1 Å². The first-order valence-electron chi connectivity index (χ1n) is 9.17. The maximum atomic E-state index is 12.1. The highest BCUT2D eigenvalue weighted by Crippen LogP contribution is 2.23. The van der Waals surface area contributed by atoms with Gasteiger partial charge in [-0.2, -0.15) is 5.10 Å². The second-order valence-corrected chi connectivity index (χ2v) is 6.82. The van der Waals surface area contributed by atoms with Gasteiger partial charge in [0.05, 0.1) is 12.3 Å². The molecule has 1 aliphatic carbocycles. The Labute approximate surface area is 149 Å². The molecule has 0 fully saturated rings. The highest BCUT2D eigenvalue weighted by Gasteiger charge is 2.19. The third-order valence-corrected chi connectivity index (χ3v) is 4.64. The Morgan fingerprint density at radius 2 is 2.16 bits per heavy atom. The summed E-state index contributed by atoms with van der Waals surface area (Å²) in [5.74, 6) is 1.61. The second kappa shape index (κ2) is 8.19. The van der Waals surface area contributed by atoms with E-state index in [0.717, 1.165) is 25.0 Å². The average molecular weight is 341 g/mol. The van der Waals surface area contributed by atoms with E-state index in [-0.39, 0.29) is 5.91 Å². The van der Waals surface area contributed by atoms with Crippen molar-refractivity contribution in [3.63, 3.8) is 0 Å². The van der Waals surface area contributed by atoms with Crippen molar-refractivity contribution in [3.05, 3.63) is 47.3 Å². The topological polar surface area (TPSA) is 56.1 Å². The molecular formula is C20H27N3O2. The summed E-state index contributed by atoms with van der Waals surface area (Å²) in [6.07, 6.45) is 6.15. The van der Waals surface area contributed by atoms with Gasteiger partial charge in [0, 0.05) is 12.7 Å². The molecular weight excluding hydrogens is 314 g/mol. The summed E-state index contributed by atoms with van der Waals surface area (Å²) in [6, 6.07) is 8.02. The Morgan fingerprint density at radius 1 is 1.36 bits per heavy atom. The lowest BCUT2D eigenvalue weighted by Gasteiger charge is -2.15. The first-order chi connectivity index (χ1) is 12.1.